The Labute approximate surface area is 117 Å². The van der Waals surface area contributed by atoms with Crippen molar-refractivity contribution in [3.8, 4) is 0 Å². The zero-order valence-electron chi connectivity index (χ0n) is 11.2. The van der Waals surface area contributed by atoms with Crippen molar-refractivity contribution < 1.29 is 9.53 Å². The number of rotatable bonds is 5. The fraction of sp³-hybridized carbons (Fsp3) is 0.667. The lowest BCUT2D eigenvalue weighted by molar-refractivity contribution is 0.0521. The lowest BCUT2D eigenvalue weighted by atomic mass is 10.4. The molecule has 0 bridgehead atoms. The van der Waals surface area contributed by atoms with Crippen molar-refractivity contribution in [2.24, 2.45) is 0 Å². The Balaban J connectivity index is 1.91. The molecule has 2 rings (SSSR count). The Bertz CT molecular complexity index is 429. The summed E-state index contributed by atoms with van der Waals surface area (Å²) >= 11 is 1.99. The maximum atomic E-state index is 11.6. The number of nitrogens with zero attached hydrogens (tertiary/aromatic N) is 3. The molecule has 7 heteroatoms. The highest BCUT2D eigenvalue weighted by atomic mass is 32.2. The molecule has 6 nitrogen and oxygen atoms in total. The number of esters is 1. The summed E-state index contributed by atoms with van der Waals surface area (Å²) in [5.74, 6) is 2.32. The van der Waals surface area contributed by atoms with Gasteiger partial charge in [-0.15, -0.1) is 0 Å². The molecule has 0 aromatic carbocycles. The van der Waals surface area contributed by atoms with Crippen LogP contribution in [0.25, 0.3) is 0 Å². The second-order valence-corrected chi connectivity index (χ2v) is 5.57. The smallest absolute Gasteiger partial charge is 0.360 e. The minimum absolute atomic E-state index is 0.219. The Hall–Kier alpha value is -1.21. The summed E-state index contributed by atoms with van der Waals surface area (Å²) in [5, 5.41) is 0. The van der Waals surface area contributed by atoms with E-state index in [1.165, 1.54) is 11.5 Å². The van der Waals surface area contributed by atoms with Gasteiger partial charge in [-0.1, -0.05) is 0 Å². The molecule has 0 amide bonds. The molecule has 19 heavy (non-hydrogen) atoms. The summed E-state index contributed by atoms with van der Waals surface area (Å²) < 4.78 is 6.72. The van der Waals surface area contributed by atoms with E-state index in [4.69, 9.17) is 10.5 Å². The van der Waals surface area contributed by atoms with Gasteiger partial charge in [-0.25, -0.2) is 9.78 Å². The molecule has 0 radical (unpaired) electrons. The predicted octanol–water partition coefficient (Wildman–Crippen LogP) is 0.691. The molecular weight excluding hydrogens is 264 g/mol. The van der Waals surface area contributed by atoms with E-state index in [1.54, 1.807) is 13.3 Å². The Kier molecular flexibility index (Phi) is 5.09. The fourth-order valence-electron chi connectivity index (χ4n) is 2.00. The third-order valence-electron chi connectivity index (χ3n) is 3.11. The molecule has 0 spiro atoms. The highest BCUT2D eigenvalue weighted by molar-refractivity contribution is 7.99. The lowest BCUT2D eigenvalue weighted by Crippen LogP contribution is -2.35. The Morgan fingerprint density at radius 2 is 2.21 bits per heavy atom. The summed E-state index contributed by atoms with van der Waals surface area (Å²) in [6.07, 6.45) is 1.61. The number of nitrogens with two attached hydrogens (primary N) is 1. The molecule has 1 aromatic rings. The monoisotopic (exact) mass is 284 g/mol. The summed E-state index contributed by atoms with van der Waals surface area (Å²) in [6.45, 7) is 6.01. The van der Waals surface area contributed by atoms with Crippen LogP contribution in [0.15, 0.2) is 6.33 Å². The molecule has 2 heterocycles. The largest absolute Gasteiger partial charge is 0.461 e. The van der Waals surface area contributed by atoms with Gasteiger partial charge >= 0.3 is 5.97 Å². The molecule has 1 fully saturated rings. The van der Waals surface area contributed by atoms with Gasteiger partial charge in [-0.05, 0) is 6.92 Å². The Morgan fingerprint density at radius 3 is 2.89 bits per heavy atom. The molecule has 1 aromatic heterocycles. The molecule has 106 valence electrons. The van der Waals surface area contributed by atoms with Crippen LogP contribution in [0.1, 0.15) is 17.4 Å². The maximum absolute atomic E-state index is 11.6. The van der Waals surface area contributed by atoms with E-state index < -0.39 is 5.97 Å². The van der Waals surface area contributed by atoms with E-state index in [1.807, 2.05) is 16.3 Å². The van der Waals surface area contributed by atoms with Crippen LogP contribution in [0.3, 0.4) is 0 Å². The number of aromatic nitrogens is 2. The first-order valence-corrected chi connectivity index (χ1v) is 7.65. The number of thioether (sulfide) groups is 1. The van der Waals surface area contributed by atoms with Crippen LogP contribution in [0.4, 0.5) is 5.82 Å². The molecule has 0 saturated carbocycles. The summed E-state index contributed by atoms with van der Waals surface area (Å²) in [5.41, 5.74) is 6.15. The van der Waals surface area contributed by atoms with Crippen LogP contribution in [0.2, 0.25) is 0 Å². The van der Waals surface area contributed by atoms with Crippen LogP contribution in [0.5, 0.6) is 0 Å². The number of hydrogen-bond acceptors (Lipinski definition) is 6. The van der Waals surface area contributed by atoms with Crippen molar-refractivity contribution in [2.75, 3.05) is 43.5 Å². The van der Waals surface area contributed by atoms with Gasteiger partial charge in [0.2, 0.25) is 0 Å². The van der Waals surface area contributed by atoms with Crippen molar-refractivity contribution in [2.45, 2.75) is 13.5 Å². The van der Waals surface area contributed by atoms with Crippen LogP contribution >= 0.6 is 11.8 Å². The van der Waals surface area contributed by atoms with Crippen molar-refractivity contribution in [1.82, 2.24) is 14.5 Å². The van der Waals surface area contributed by atoms with Crippen molar-refractivity contribution in [3.05, 3.63) is 12.0 Å². The van der Waals surface area contributed by atoms with Crippen molar-refractivity contribution in [1.29, 1.82) is 0 Å². The minimum Gasteiger partial charge on any atom is -0.461 e. The predicted molar refractivity (Wildman–Crippen MR) is 76.4 cm³/mol. The highest BCUT2D eigenvalue weighted by Crippen LogP contribution is 2.13. The van der Waals surface area contributed by atoms with Crippen LogP contribution in [0, 0.1) is 0 Å². The van der Waals surface area contributed by atoms with Crippen molar-refractivity contribution in [3.63, 3.8) is 0 Å². The zero-order valence-corrected chi connectivity index (χ0v) is 12.0. The summed E-state index contributed by atoms with van der Waals surface area (Å²) in [6, 6.07) is 0. The van der Waals surface area contributed by atoms with E-state index >= 15 is 0 Å². The quantitative estimate of drug-likeness (QED) is 0.802. The van der Waals surface area contributed by atoms with Crippen LogP contribution < -0.4 is 5.73 Å². The number of hydrogen-bond donors (Lipinski definition) is 1. The van der Waals surface area contributed by atoms with Crippen molar-refractivity contribution >= 4 is 23.5 Å². The topological polar surface area (TPSA) is 73.4 Å². The minimum atomic E-state index is -0.451. The molecule has 0 aliphatic carbocycles. The molecule has 1 aliphatic heterocycles. The second-order valence-electron chi connectivity index (χ2n) is 4.35. The molecule has 0 unspecified atom stereocenters. The van der Waals surface area contributed by atoms with E-state index in [0.29, 0.717) is 12.4 Å². The Morgan fingerprint density at radius 1 is 1.47 bits per heavy atom. The van der Waals surface area contributed by atoms with Gasteiger partial charge in [-0.2, -0.15) is 11.8 Å². The first-order valence-electron chi connectivity index (χ1n) is 6.50. The fourth-order valence-corrected chi connectivity index (χ4v) is 2.98. The van der Waals surface area contributed by atoms with Gasteiger partial charge in [0, 0.05) is 37.7 Å². The molecule has 0 atom stereocenters. The number of carbonyl (C=O) groups is 1. The maximum Gasteiger partial charge on any atom is 0.360 e. The highest BCUT2D eigenvalue weighted by Gasteiger charge is 2.17. The number of ether oxygens (including phenoxy) is 1. The van der Waals surface area contributed by atoms with E-state index in [9.17, 15) is 4.79 Å². The van der Waals surface area contributed by atoms with E-state index in [0.717, 1.165) is 26.2 Å². The van der Waals surface area contributed by atoms with Gasteiger partial charge in [0.05, 0.1) is 12.9 Å². The first kappa shape index (κ1) is 14.2. The normalized spacial score (nSPS) is 16.5. The number of imidazole rings is 1. The molecule has 1 saturated heterocycles. The van der Waals surface area contributed by atoms with E-state index in [2.05, 4.69) is 9.88 Å². The molecule has 2 N–H and O–H groups in total. The van der Waals surface area contributed by atoms with E-state index in [-0.39, 0.29) is 5.69 Å². The third-order valence-corrected chi connectivity index (χ3v) is 4.05. The average molecular weight is 284 g/mol. The van der Waals surface area contributed by atoms with Gasteiger partial charge in [0.25, 0.3) is 0 Å². The SMILES string of the molecule is CCOC(=O)c1ncn(CCN2CCSCC2)c1N. The number of anilines is 1. The van der Waals surface area contributed by atoms with Gasteiger partial charge in [-0.3, -0.25) is 4.90 Å². The van der Waals surface area contributed by atoms with Gasteiger partial charge < -0.3 is 15.0 Å². The zero-order chi connectivity index (χ0) is 13.7. The number of nitrogen functional groups attached to an aromatic ring is 1. The number of carbonyl (C=O) groups excluding carboxylic acids is 1. The van der Waals surface area contributed by atoms with Crippen LogP contribution in [-0.4, -0.2) is 58.2 Å². The van der Waals surface area contributed by atoms with Crippen LogP contribution in [-0.2, 0) is 11.3 Å². The molecule has 1 aliphatic rings. The second kappa shape index (κ2) is 6.81. The first-order chi connectivity index (χ1) is 9.22. The lowest BCUT2D eigenvalue weighted by Gasteiger charge is -2.26. The summed E-state index contributed by atoms with van der Waals surface area (Å²) in [7, 11) is 0. The van der Waals surface area contributed by atoms with Gasteiger partial charge in [0.1, 0.15) is 5.82 Å². The molecular formula is C12H20N4O2S. The summed E-state index contributed by atoms with van der Waals surface area (Å²) in [4.78, 5) is 18.0. The third kappa shape index (κ3) is 3.63. The standard InChI is InChI=1S/C12H20N4O2S/c1-2-18-12(17)10-11(13)16(9-14-10)4-3-15-5-7-19-8-6-15/h9H,2-8,13H2,1H3. The van der Waals surface area contributed by atoms with Gasteiger partial charge in [0.15, 0.2) is 5.69 Å². The average Bonchev–Trinajstić information content (AvgIpc) is 2.79.